The van der Waals surface area contributed by atoms with Gasteiger partial charge in [-0.05, 0) is 18.9 Å². The molecule has 0 spiro atoms. The molecule has 0 fully saturated rings. The fraction of sp³-hybridized carbons (Fsp3) is 0.455. The molecule has 0 saturated heterocycles. The lowest BCUT2D eigenvalue weighted by Crippen LogP contribution is -2.39. The van der Waals surface area contributed by atoms with E-state index >= 15 is 0 Å². The highest BCUT2D eigenvalue weighted by atomic mass is 35.5. The summed E-state index contributed by atoms with van der Waals surface area (Å²) in [6, 6.07) is 1.40. The molecular formula is C11H15ClN2O2. The molecule has 1 heterocycles. The third-order valence-electron chi connectivity index (χ3n) is 2.20. The van der Waals surface area contributed by atoms with E-state index in [1.54, 1.807) is 6.92 Å². The van der Waals surface area contributed by atoms with E-state index in [4.69, 9.17) is 11.6 Å². The standard InChI is InChI=1S/C11H15ClN2O2/c1-3-5-13-6-4-10(15)14(11(13)16)8-9(2)7-12/h4,6-7H,3,5,8H2,1-2H3/b9-7+. The Morgan fingerprint density at radius 2 is 2.19 bits per heavy atom. The summed E-state index contributed by atoms with van der Waals surface area (Å²) in [5.74, 6) is 0. The molecule has 0 N–H and O–H groups in total. The summed E-state index contributed by atoms with van der Waals surface area (Å²) in [4.78, 5) is 23.4. The maximum atomic E-state index is 11.9. The number of hydrogen-bond acceptors (Lipinski definition) is 2. The average Bonchev–Trinajstić information content (AvgIpc) is 2.28. The molecule has 0 aliphatic heterocycles. The van der Waals surface area contributed by atoms with E-state index in [1.165, 1.54) is 26.9 Å². The van der Waals surface area contributed by atoms with Gasteiger partial charge in [-0.15, -0.1) is 0 Å². The van der Waals surface area contributed by atoms with Gasteiger partial charge in [0.2, 0.25) is 0 Å². The molecule has 1 aromatic heterocycles. The molecular weight excluding hydrogens is 228 g/mol. The van der Waals surface area contributed by atoms with Crippen LogP contribution in [0.25, 0.3) is 0 Å². The number of aromatic nitrogens is 2. The lowest BCUT2D eigenvalue weighted by molar-refractivity contribution is 0.568. The highest BCUT2D eigenvalue weighted by molar-refractivity contribution is 6.25. The van der Waals surface area contributed by atoms with Crippen molar-refractivity contribution in [1.82, 2.24) is 9.13 Å². The van der Waals surface area contributed by atoms with Crippen molar-refractivity contribution in [1.29, 1.82) is 0 Å². The van der Waals surface area contributed by atoms with Gasteiger partial charge in [0.25, 0.3) is 5.56 Å². The second kappa shape index (κ2) is 5.70. The molecule has 0 saturated carbocycles. The van der Waals surface area contributed by atoms with Gasteiger partial charge in [0.15, 0.2) is 0 Å². The van der Waals surface area contributed by atoms with Gasteiger partial charge in [-0.3, -0.25) is 9.36 Å². The van der Waals surface area contributed by atoms with Gasteiger partial charge in [0, 0.05) is 24.3 Å². The molecule has 16 heavy (non-hydrogen) atoms. The van der Waals surface area contributed by atoms with Crippen LogP contribution in [0.2, 0.25) is 0 Å². The van der Waals surface area contributed by atoms with Crippen LogP contribution < -0.4 is 11.2 Å². The second-order valence-electron chi connectivity index (χ2n) is 3.67. The van der Waals surface area contributed by atoms with Crippen molar-refractivity contribution in [3.8, 4) is 0 Å². The first-order valence-corrected chi connectivity index (χ1v) is 5.60. The first-order chi connectivity index (χ1) is 7.60. The predicted octanol–water partition coefficient (Wildman–Crippen LogP) is 1.56. The first-order valence-electron chi connectivity index (χ1n) is 5.16. The molecule has 5 heteroatoms. The zero-order chi connectivity index (χ0) is 12.1. The van der Waals surface area contributed by atoms with E-state index < -0.39 is 0 Å². The largest absolute Gasteiger partial charge is 0.331 e. The number of aryl methyl sites for hydroxylation is 1. The molecule has 0 radical (unpaired) electrons. The van der Waals surface area contributed by atoms with Crippen molar-refractivity contribution in [2.75, 3.05) is 0 Å². The van der Waals surface area contributed by atoms with Gasteiger partial charge >= 0.3 is 5.69 Å². The predicted molar refractivity (Wildman–Crippen MR) is 64.9 cm³/mol. The van der Waals surface area contributed by atoms with Crippen molar-refractivity contribution in [2.24, 2.45) is 0 Å². The molecule has 0 amide bonds. The highest BCUT2D eigenvalue weighted by Crippen LogP contribution is 1.96. The first kappa shape index (κ1) is 12.8. The summed E-state index contributed by atoms with van der Waals surface area (Å²) in [5.41, 5.74) is 1.57. The van der Waals surface area contributed by atoms with Crippen LogP contribution in [-0.4, -0.2) is 9.13 Å². The Kier molecular flexibility index (Phi) is 4.55. The van der Waals surface area contributed by atoms with Crippen molar-refractivity contribution in [3.05, 3.63) is 44.2 Å². The van der Waals surface area contributed by atoms with E-state index in [1.807, 2.05) is 6.92 Å². The Hall–Kier alpha value is -1.29. The van der Waals surface area contributed by atoms with E-state index in [0.717, 1.165) is 12.0 Å². The molecule has 0 atom stereocenters. The molecule has 1 aromatic rings. The summed E-state index contributed by atoms with van der Waals surface area (Å²) in [6.45, 7) is 4.61. The van der Waals surface area contributed by atoms with Crippen LogP contribution in [0.4, 0.5) is 0 Å². The normalized spacial score (nSPS) is 11.8. The van der Waals surface area contributed by atoms with Crippen molar-refractivity contribution >= 4 is 11.6 Å². The number of halogens is 1. The zero-order valence-corrected chi connectivity index (χ0v) is 10.2. The fourth-order valence-corrected chi connectivity index (χ4v) is 1.47. The average molecular weight is 243 g/mol. The lowest BCUT2D eigenvalue weighted by atomic mass is 10.3. The summed E-state index contributed by atoms with van der Waals surface area (Å²) < 4.78 is 2.72. The minimum absolute atomic E-state index is 0.242. The van der Waals surface area contributed by atoms with Crippen LogP contribution in [0.15, 0.2) is 33.0 Å². The number of nitrogens with zero attached hydrogens (tertiary/aromatic N) is 2. The minimum atomic E-state index is -0.296. The second-order valence-corrected chi connectivity index (χ2v) is 3.89. The number of allylic oxidation sites excluding steroid dienone is 1. The lowest BCUT2D eigenvalue weighted by Gasteiger charge is -2.08. The van der Waals surface area contributed by atoms with E-state index in [9.17, 15) is 9.59 Å². The van der Waals surface area contributed by atoms with Crippen LogP contribution in [0.3, 0.4) is 0 Å². The summed E-state index contributed by atoms with van der Waals surface area (Å²) in [5, 5.41) is 0. The van der Waals surface area contributed by atoms with E-state index in [2.05, 4.69) is 0 Å². The summed E-state index contributed by atoms with van der Waals surface area (Å²) >= 11 is 5.52. The smallest absolute Gasteiger partial charge is 0.300 e. The molecule has 0 unspecified atom stereocenters. The monoisotopic (exact) mass is 242 g/mol. The van der Waals surface area contributed by atoms with Gasteiger partial charge < -0.3 is 4.57 Å². The summed E-state index contributed by atoms with van der Waals surface area (Å²) in [7, 11) is 0. The molecule has 0 bridgehead atoms. The van der Waals surface area contributed by atoms with Gasteiger partial charge in [0.05, 0.1) is 6.54 Å². The van der Waals surface area contributed by atoms with Crippen LogP contribution >= 0.6 is 11.6 Å². The number of hydrogen-bond donors (Lipinski definition) is 0. The molecule has 1 rings (SSSR count). The van der Waals surface area contributed by atoms with Gasteiger partial charge in [-0.25, -0.2) is 4.79 Å². The van der Waals surface area contributed by atoms with Crippen molar-refractivity contribution in [2.45, 2.75) is 33.4 Å². The zero-order valence-electron chi connectivity index (χ0n) is 9.44. The van der Waals surface area contributed by atoms with E-state index in [-0.39, 0.29) is 17.8 Å². The molecule has 88 valence electrons. The summed E-state index contributed by atoms with van der Waals surface area (Å²) in [6.07, 6.45) is 2.38. The third-order valence-corrected chi connectivity index (χ3v) is 2.57. The quantitative estimate of drug-likeness (QED) is 0.804. The topological polar surface area (TPSA) is 44.0 Å². The maximum absolute atomic E-state index is 11.9. The Labute approximate surface area is 98.8 Å². The fourth-order valence-electron chi connectivity index (χ4n) is 1.40. The van der Waals surface area contributed by atoms with Crippen LogP contribution in [-0.2, 0) is 13.1 Å². The molecule has 0 aromatic carbocycles. The van der Waals surface area contributed by atoms with Crippen LogP contribution in [0.5, 0.6) is 0 Å². The number of rotatable bonds is 4. The highest BCUT2D eigenvalue weighted by Gasteiger charge is 2.04. The van der Waals surface area contributed by atoms with Gasteiger partial charge in [-0.1, -0.05) is 18.5 Å². The Bertz CT molecular complexity index is 499. The minimum Gasteiger partial charge on any atom is -0.300 e. The van der Waals surface area contributed by atoms with Crippen LogP contribution in [0.1, 0.15) is 20.3 Å². The maximum Gasteiger partial charge on any atom is 0.331 e. The Morgan fingerprint density at radius 1 is 1.50 bits per heavy atom. The molecule has 0 aliphatic carbocycles. The van der Waals surface area contributed by atoms with Gasteiger partial charge in [-0.2, -0.15) is 0 Å². The van der Waals surface area contributed by atoms with Crippen molar-refractivity contribution in [3.63, 3.8) is 0 Å². The van der Waals surface area contributed by atoms with E-state index in [0.29, 0.717) is 6.54 Å². The molecule has 0 aliphatic rings. The SMILES string of the molecule is CCCn1ccc(=O)n(C/C(C)=C/Cl)c1=O. The Morgan fingerprint density at radius 3 is 2.75 bits per heavy atom. The third kappa shape index (κ3) is 2.85. The molecule has 4 nitrogen and oxygen atoms in total. The Balaban J connectivity index is 3.22. The van der Waals surface area contributed by atoms with Crippen LogP contribution in [0, 0.1) is 0 Å². The van der Waals surface area contributed by atoms with Gasteiger partial charge in [0.1, 0.15) is 0 Å². The van der Waals surface area contributed by atoms with Crippen molar-refractivity contribution < 1.29 is 0 Å².